The van der Waals surface area contributed by atoms with Crippen molar-refractivity contribution in [3.63, 3.8) is 0 Å². The van der Waals surface area contributed by atoms with Gasteiger partial charge < -0.3 is 21.1 Å². The van der Waals surface area contributed by atoms with E-state index in [9.17, 15) is 9.59 Å². The summed E-state index contributed by atoms with van der Waals surface area (Å²) in [5, 5.41) is 5.41. The molecule has 0 unspecified atom stereocenters. The van der Waals surface area contributed by atoms with E-state index in [4.69, 9.17) is 10.5 Å². The van der Waals surface area contributed by atoms with Gasteiger partial charge >= 0.3 is 0 Å². The zero-order valence-corrected chi connectivity index (χ0v) is 12.9. The molecule has 6 nitrogen and oxygen atoms in total. The first-order valence-electron chi connectivity index (χ1n) is 7.26. The van der Waals surface area contributed by atoms with Crippen LogP contribution < -0.4 is 21.1 Å². The van der Waals surface area contributed by atoms with Crippen molar-refractivity contribution in [1.82, 2.24) is 10.6 Å². The molecule has 0 atom stereocenters. The SMILES string of the molecule is C=CCNC(=O)c1ccc(N)c(OCC(=O)NCCCC)c1. The largest absolute Gasteiger partial charge is 0.482 e. The number of nitrogen functional groups attached to an aromatic ring is 1. The van der Waals surface area contributed by atoms with Crippen LogP contribution in [0.25, 0.3) is 0 Å². The first kappa shape index (κ1) is 17.6. The summed E-state index contributed by atoms with van der Waals surface area (Å²) in [7, 11) is 0. The number of unbranched alkanes of at least 4 members (excludes halogenated alkanes) is 1. The summed E-state index contributed by atoms with van der Waals surface area (Å²) < 4.78 is 5.39. The van der Waals surface area contributed by atoms with Crippen LogP contribution in [-0.4, -0.2) is 31.5 Å². The number of anilines is 1. The zero-order chi connectivity index (χ0) is 16.4. The number of carbonyl (C=O) groups excluding carboxylic acids is 2. The second kappa shape index (κ2) is 9.44. The fraction of sp³-hybridized carbons (Fsp3) is 0.375. The topological polar surface area (TPSA) is 93.5 Å². The Bertz CT molecular complexity index is 529. The molecule has 0 fully saturated rings. The number of benzene rings is 1. The molecule has 0 heterocycles. The van der Waals surface area contributed by atoms with Gasteiger partial charge in [-0.05, 0) is 24.6 Å². The van der Waals surface area contributed by atoms with Crippen LogP contribution >= 0.6 is 0 Å². The van der Waals surface area contributed by atoms with Crippen LogP contribution in [-0.2, 0) is 4.79 Å². The van der Waals surface area contributed by atoms with Gasteiger partial charge in [-0.15, -0.1) is 6.58 Å². The van der Waals surface area contributed by atoms with E-state index in [1.165, 1.54) is 6.07 Å². The first-order valence-corrected chi connectivity index (χ1v) is 7.26. The Morgan fingerprint density at radius 1 is 1.36 bits per heavy atom. The third kappa shape index (κ3) is 5.87. The van der Waals surface area contributed by atoms with E-state index in [2.05, 4.69) is 17.2 Å². The second-order valence-electron chi connectivity index (χ2n) is 4.74. The summed E-state index contributed by atoms with van der Waals surface area (Å²) in [6.45, 7) is 6.45. The van der Waals surface area contributed by atoms with E-state index in [-0.39, 0.29) is 18.4 Å². The monoisotopic (exact) mass is 305 g/mol. The molecule has 0 aliphatic heterocycles. The zero-order valence-electron chi connectivity index (χ0n) is 12.9. The minimum Gasteiger partial charge on any atom is -0.482 e. The van der Waals surface area contributed by atoms with E-state index in [0.717, 1.165) is 12.8 Å². The smallest absolute Gasteiger partial charge is 0.257 e. The fourth-order valence-corrected chi connectivity index (χ4v) is 1.67. The Hall–Kier alpha value is -2.50. The van der Waals surface area contributed by atoms with E-state index in [1.807, 2.05) is 6.92 Å². The predicted octanol–water partition coefficient (Wildman–Crippen LogP) is 1.48. The maximum atomic E-state index is 11.8. The molecule has 0 spiro atoms. The molecule has 6 heteroatoms. The maximum Gasteiger partial charge on any atom is 0.257 e. The Morgan fingerprint density at radius 2 is 2.14 bits per heavy atom. The maximum absolute atomic E-state index is 11.8. The minimum absolute atomic E-state index is 0.133. The number of nitrogens with two attached hydrogens (primary N) is 1. The van der Waals surface area contributed by atoms with Crippen molar-refractivity contribution in [2.24, 2.45) is 0 Å². The number of hydrogen-bond acceptors (Lipinski definition) is 4. The van der Waals surface area contributed by atoms with Gasteiger partial charge in [0.15, 0.2) is 6.61 Å². The number of hydrogen-bond donors (Lipinski definition) is 3. The van der Waals surface area contributed by atoms with Gasteiger partial charge in [-0.2, -0.15) is 0 Å². The Labute approximate surface area is 130 Å². The van der Waals surface area contributed by atoms with Gasteiger partial charge in [0.25, 0.3) is 11.8 Å². The lowest BCUT2D eigenvalue weighted by Gasteiger charge is -2.11. The van der Waals surface area contributed by atoms with E-state index >= 15 is 0 Å². The highest BCUT2D eigenvalue weighted by atomic mass is 16.5. The van der Waals surface area contributed by atoms with Gasteiger partial charge in [-0.1, -0.05) is 19.4 Å². The van der Waals surface area contributed by atoms with Crippen LogP contribution in [0.3, 0.4) is 0 Å². The molecule has 22 heavy (non-hydrogen) atoms. The number of carbonyl (C=O) groups is 2. The molecule has 4 N–H and O–H groups in total. The highest BCUT2D eigenvalue weighted by Crippen LogP contribution is 2.22. The third-order valence-electron chi connectivity index (χ3n) is 2.89. The van der Waals surface area contributed by atoms with E-state index < -0.39 is 0 Å². The normalized spacial score (nSPS) is 9.86. The number of rotatable bonds is 9. The molecule has 0 aromatic heterocycles. The van der Waals surface area contributed by atoms with Crippen molar-refractivity contribution in [1.29, 1.82) is 0 Å². The molecule has 1 rings (SSSR count). The Morgan fingerprint density at radius 3 is 2.82 bits per heavy atom. The molecule has 120 valence electrons. The Balaban J connectivity index is 2.60. The molecule has 1 aromatic rings. The van der Waals surface area contributed by atoms with Crippen molar-refractivity contribution < 1.29 is 14.3 Å². The number of amides is 2. The van der Waals surface area contributed by atoms with Crippen LogP contribution in [0.1, 0.15) is 30.1 Å². The summed E-state index contributed by atoms with van der Waals surface area (Å²) in [5.41, 5.74) is 6.58. The van der Waals surface area contributed by atoms with Crippen LogP contribution in [0, 0.1) is 0 Å². The minimum atomic E-state index is -0.253. The molecule has 0 saturated heterocycles. The van der Waals surface area contributed by atoms with E-state index in [1.54, 1.807) is 18.2 Å². The highest BCUT2D eigenvalue weighted by molar-refractivity contribution is 5.95. The van der Waals surface area contributed by atoms with Crippen LogP contribution in [0.4, 0.5) is 5.69 Å². The average molecular weight is 305 g/mol. The molecule has 0 saturated carbocycles. The molecular weight excluding hydrogens is 282 g/mol. The van der Waals surface area contributed by atoms with Crippen LogP contribution in [0.2, 0.25) is 0 Å². The average Bonchev–Trinajstić information content (AvgIpc) is 2.52. The van der Waals surface area contributed by atoms with Gasteiger partial charge in [0.05, 0.1) is 5.69 Å². The lowest BCUT2D eigenvalue weighted by Crippen LogP contribution is -2.29. The fourth-order valence-electron chi connectivity index (χ4n) is 1.67. The van der Waals surface area contributed by atoms with Gasteiger partial charge in [-0.3, -0.25) is 9.59 Å². The lowest BCUT2D eigenvalue weighted by molar-refractivity contribution is -0.123. The molecule has 0 bridgehead atoms. The van der Waals surface area contributed by atoms with Gasteiger partial charge in [-0.25, -0.2) is 0 Å². The standard InChI is InChI=1S/C16H23N3O3/c1-3-5-9-18-15(20)11-22-14-10-12(6-7-13(14)17)16(21)19-8-4-2/h4,6-7,10H,2-3,5,8-9,11,17H2,1H3,(H,18,20)(H,19,21). The second-order valence-corrected chi connectivity index (χ2v) is 4.74. The van der Waals surface area contributed by atoms with Crippen molar-refractivity contribution in [2.45, 2.75) is 19.8 Å². The van der Waals surface area contributed by atoms with Gasteiger partial charge in [0.1, 0.15) is 5.75 Å². The van der Waals surface area contributed by atoms with Crippen molar-refractivity contribution in [3.8, 4) is 5.75 Å². The molecule has 0 aliphatic carbocycles. The third-order valence-corrected chi connectivity index (χ3v) is 2.89. The quantitative estimate of drug-likeness (QED) is 0.366. The lowest BCUT2D eigenvalue weighted by atomic mass is 10.2. The molecule has 2 amide bonds. The molecule has 0 radical (unpaired) electrons. The molecule has 0 aliphatic rings. The van der Waals surface area contributed by atoms with Gasteiger partial charge in [0.2, 0.25) is 0 Å². The molecular formula is C16H23N3O3. The van der Waals surface area contributed by atoms with Crippen molar-refractivity contribution in [2.75, 3.05) is 25.4 Å². The summed E-state index contributed by atoms with van der Waals surface area (Å²) in [6.07, 6.45) is 3.52. The van der Waals surface area contributed by atoms with Crippen LogP contribution in [0.5, 0.6) is 5.75 Å². The number of ether oxygens (including phenoxy) is 1. The van der Waals surface area contributed by atoms with Crippen molar-refractivity contribution >= 4 is 17.5 Å². The molecule has 1 aromatic carbocycles. The van der Waals surface area contributed by atoms with Crippen molar-refractivity contribution in [3.05, 3.63) is 36.4 Å². The first-order chi connectivity index (χ1) is 10.6. The summed E-state index contributed by atoms with van der Waals surface area (Å²) in [5.74, 6) is -0.150. The van der Waals surface area contributed by atoms with Gasteiger partial charge in [0, 0.05) is 18.7 Å². The summed E-state index contributed by atoms with van der Waals surface area (Å²) in [4.78, 5) is 23.4. The number of nitrogens with one attached hydrogen (secondary N) is 2. The van der Waals surface area contributed by atoms with E-state index in [0.29, 0.717) is 30.1 Å². The Kier molecular flexibility index (Phi) is 7.53. The summed E-state index contributed by atoms with van der Waals surface area (Å²) in [6, 6.07) is 4.70. The predicted molar refractivity (Wildman–Crippen MR) is 86.8 cm³/mol. The highest BCUT2D eigenvalue weighted by Gasteiger charge is 2.10. The van der Waals surface area contributed by atoms with Crippen LogP contribution in [0.15, 0.2) is 30.9 Å². The summed E-state index contributed by atoms with van der Waals surface area (Å²) >= 11 is 0.